The van der Waals surface area contributed by atoms with E-state index in [1.807, 2.05) is 69.3 Å². The number of hydrogen-bond acceptors (Lipinski definition) is 12. The number of phenolic OH excluding ortho intramolecular Hbond substituents is 6. The van der Waals surface area contributed by atoms with Gasteiger partial charge in [-0.2, -0.15) is 0 Å². The zero-order chi connectivity index (χ0) is 103. The van der Waals surface area contributed by atoms with Gasteiger partial charge in [0.25, 0.3) is 0 Å². The van der Waals surface area contributed by atoms with E-state index < -0.39 is 0 Å². The Bertz CT molecular complexity index is 5770. The van der Waals surface area contributed by atoms with Crippen molar-refractivity contribution in [3.8, 4) is 34.5 Å². The maximum absolute atomic E-state index is 11.0. The Kier molecular flexibility index (Phi) is 49.7. The quantitative estimate of drug-likeness (QED) is 0.0208. The highest BCUT2D eigenvalue weighted by molar-refractivity contribution is 7.57. The molecule has 0 aliphatic carbocycles. The minimum absolute atomic E-state index is 0.0644. The van der Waals surface area contributed by atoms with Crippen molar-refractivity contribution >= 4 is 115 Å². The number of hydrogen-bond donors (Lipinski definition) is 6. The van der Waals surface area contributed by atoms with Gasteiger partial charge in [0.05, 0.1) is 0 Å². The number of aryl methyl sites for hydroxylation is 12. The highest BCUT2D eigenvalue weighted by Crippen LogP contribution is 2.37. The molecule has 6 unspecified atom stereocenters. The first-order valence-electron chi connectivity index (χ1n) is 50.9. The third-order valence-corrected chi connectivity index (χ3v) is 36.2. The maximum atomic E-state index is 11.0. The molecule has 12 nitrogen and oxygen atoms in total. The molecular formula is C122H172N6O6P6. The minimum Gasteiger partial charge on any atom is -0.507 e. The first-order valence-corrected chi connectivity index (χ1v) is 56.9. The summed E-state index contributed by atoms with van der Waals surface area (Å²) in [7, 11) is 2.92. The summed E-state index contributed by atoms with van der Waals surface area (Å²) in [5.74, 6) is 2.62. The zero-order valence-electron chi connectivity index (χ0n) is 90.7. The molecule has 756 valence electrons. The molecule has 12 rings (SSSR count). The Morgan fingerprint density at radius 1 is 0.207 bits per heavy atom. The van der Waals surface area contributed by atoms with Gasteiger partial charge in [-0.25, -0.2) is 0 Å². The summed E-state index contributed by atoms with van der Waals surface area (Å²) in [4.78, 5) is 14.6. The molecule has 0 bridgehead atoms. The van der Waals surface area contributed by atoms with Crippen LogP contribution in [0.5, 0.6) is 34.5 Å². The highest BCUT2D eigenvalue weighted by atomic mass is 31.1. The third-order valence-electron chi connectivity index (χ3n) is 26.4. The van der Waals surface area contributed by atoms with Crippen molar-refractivity contribution in [2.75, 3.05) is 78.5 Å². The summed E-state index contributed by atoms with van der Waals surface area (Å²) in [5, 5.41) is 77.1. The van der Waals surface area contributed by atoms with Crippen LogP contribution in [-0.2, 0) is 50.1 Å². The van der Waals surface area contributed by atoms with Crippen LogP contribution in [0.15, 0.2) is 206 Å². The lowest BCUT2D eigenvalue weighted by molar-refractivity contribution is 0.296. The lowest BCUT2D eigenvalue weighted by atomic mass is 9.85. The Hall–Kier alpha value is -8.22. The molecule has 6 N–H and O–H groups in total. The molecule has 0 radical (unpaired) electrons. The molecule has 0 saturated carbocycles. The molecule has 0 fully saturated rings. The second kappa shape index (κ2) is 58.7. The maximum Gasteiger partial charge on any atom is 0.127 e. The van der Waals surface area contributed by atoms with Gasteiger partial charge in [0, 0.05) is 76.7 Å². The van der Waals surface area contributed by atoms with Crippen molar-refractivity contribution in [3.05, 3.63) is 318 Å². The van der Waals surface area contributed by atoms with Gasteiger partial charge in [-0.15, -0.1) is 0 Å². The van der Waals surface area contributed by atoms with Crippen molar-refractivity contribution < 1.29 is 30.6 Å². The van der Waals surface area contributed by atoms with Crippen LogP contribution in [0.25, 0.3) is 0 Å². The summed E-state index contributed by atoms with van der Waals surface area (Å²) in [6.45, 7) is 83.4. The standard InChI is InChI=1S/2C23H34NOP.C20H28NOP.2C19H26NOP.C18H24NOP/c1-8-24(9-2)15-18-12-10-11-17(4)22(18)26-20-14-16(3)13-19(21(20)25)23(5,6)7;1-8-24(9-2)15-18-12-10-11-16(3)22(18)26-20-14-19(23(5,6)7)13-17(4)21(20)25;1-6-21(7-2)13-17-10-8-9-15(4)20(17)23-18-12-14(3)11-16(5)19(18)22;1-5-20(6-2)13-16-11-7-10-15(4)19(16)22-17-12-8-9-14(3)18(17)21;1-5-20(6-2)13-16-9-7-8-15(4)19(16)22-18-12-14(3)10-11-17(18)21;1-4-19(5-2)13-15-10-8-9-14(3)18(15)21-17-12-7-6-11-16(17)20/h2*10-14,25-26H,8-9,15H2,1-7H3;8-12,22-23H,6-7,13H2,1-5H3;2*7-12,21-22H,5-6,13H2,1-4H3;6-12,20-21H,4-5,13H2,1-3H3. The lowest BCUT2D eigenvalue weighted by Gasteiger charge is -2.24. The summed E-state index contributed by atoms with van der Waals surface area (Å²) < 4.78 is 0. The number of nitrogens with zero attached hydrogens (tertiary/aromatic N) is 6. The van der Waals surface area contributed by atoms with Crippen molar-refractivity contribution in [2.45, 2.75) is 258 Å². The average Bonchev–Trinajstić information content (AvgIpc) is 0.769. The molecule has 12 aromatic rings. The van der Waals surface area contributed by atoms with Gasteiger partial charge in [-0.05, 0) is 341 Å². The van der Waals surface area contributed by atoms with E-state index in [4.69, 9.17) is 0 Å². The highest BCUT2D eigenvalue weighted by Gasteiger charge is 2.26. The van der Waals surface area contributed by atoms with Crippen LogP contribution in [0, 0.1) is 83.1 Å². The number of benzene rings is 12. The number of phenols is 6. The minimum atomic E-state index is -0.0644. The topological polar surface area (TPSA) is 141 Å². The molecule has 6 atom stereocenters. The number of aromatic hydroxyl groups is 6. The van der Waals surface area contributed by atoms with Crippen molar-refractivity contribution in [1.29, 1.82) is 0 Å². The predicted octanol–water partition coefficient (Wildman–Crippen LogP) is 23.5. The van der Waals surface area contributed by atoms with Crippen LogP contribution in [0.1, 0.15) is 236 Å². The van der Waals surface area contributed by atoms with Gasteiger partial charge in [0.2, 0.25) is 0 Å². The van der Waals surface area contributed by atoms with Gasteiger partial charge in [0.1, 0.15) is 34.5 Å². The molecule has 18 heteroatoms. The van der Waals surface area contributed by atoms with Crippen LogP contribution >= 0.6 is 51.5 Å². The summed E-state index contributed by atoms with van der Waals surface area (Å²) in [5.41, 5.74) is 25.0. The molecule has 0 heterocycles. The van der Waals surface area contributed by atoms with Crippen molar-refractivity contribution in [1.82, 2.24) is 29.4 Å². The number of rotatable bonds is 36. The van der Waals surface area contributed by atoms with E-state index in [0.717, 1.165) is 172 Å². The smallest absolute Gasteiger partial charge is 0.127 e. The van der Waals surface area contributed by atoms with E-state index in [1.165, 1.54) is 121 Å². The van der Waals surface area contributed by atoms with Crippen LogP contribution in [-0.4, -0.2) is 139 Å². The fourth-order valence-electron chi connectivity index (χ4n) is 17.1. The van der Waals surface area contributed by atoms with Crippen LogP contribution < -0.4 is 63.7 Å². The van der Waals surface area contributed by atoms with Gasteiger partial charge in [-0.1, -0.05) is 352 Å². The van der Waals surface area contributed by atoms with E-state index in [9.17, 15) is 30.6 Å². The molecule has 0 amide bonds. The first-order chi connectivity index (χ1) is 66.5. The molecule has 140 heavy (non-hydrogen) atoms. The van der Waals surface area contributed by atoms with E-state index in [0.29, 0.717) is 86.0 Å². The largest absolute Gasteiger partial charge is 0.507 e. The second-order valence-electron chi connectivity index (χ2n) is 39.1. The van der Waals surface area contributed by atoms with E-state index in [-0.39, 0.29) is 10.8 Å². The fraction of sp³-hybridized carbons (Fsp3) is 0.410. The summed E-state index contributed by atoms with van der Waals surface area (Å²) in [6.07, 6.45) is 0. The predicted molar refractivity (Wildman–Crippen MR) is 627 cm³/mol. The molecule has 0 aromatic heterocycles. The van der Waals surface area contributed by atoms with Gasteiger partial charge in [0.15, 0.2) is 0 Å². The van der Waals surface area contributed by atoms with Crippen molar-refractivity contribution in [3.63, 3.8) is 0 Å². The molecule has 12 aromatic carbocycles. The van der Waals surface area contributed by atoms with Gasteiger partial charge < -0.3 is 30.6 Å². The van der Waals surface area contributed by atoms with Crippen LogP contribution in [0.2, 0.25) is 0 Å². The second-order valence-corrected chi connectivity index (χ2v) is 46.8. The normalized spacial score (nSPS) is 12.0. The molecule has 0 spiro atoms. The lowest BCUT2D eigenvalue weighted by Crippen LogP contribution is -2.26. The van der Waals surface area contributed by atoms with Crippen molar-refractivity contribution in [2.24, 2.45) is 0 Å². The molecular weight excluding hydrogens is 1830 g/mol. The Morgan fingerprint density at radius 2 is 0.457 bits per heavy atom. The van der Waals surface area contributed by atoms with Crippen LogP contribution in [0.3, 0.4) is 0 Å². The monoisotopic (exact) mass is 2000 g/mol. The average molecular weight is 2000 g/mol. The Morgan fingerprint density at radius 3 is 0.779 bits per heavy atom. The fourth-order valence-corrected chi connectivity index (χ4v) is 25.4. The summed E-state index contributed by atoms with van der Waals surface area (Å²) >= 11 is 0. The molecule has 0 aliphatic rings. The van der Waals surface area contributed by atoms with E-state index in [2.05, 4.69) is 362 Å². The molecule has 0 aliphatic heterocycles. The van der Waals surface area contributed by atoms with Gasteiger partial charge >= 0.3 is 0 Å². The summed E-state index contributed by atoms with van der Waals surface area (Å²) in [6, 6.07) is 71.6. The van der Waals surface area contributed by atoms with E-state index in [1.54, 1.807) is 12.1 Å². The van der Waals surface area contributed by atoms with E-state index >= 15 is 0 Å². The van der Waals surface area contributed by atoms with Gasteiger partial charge in [-0.3, -0.25) is 29.4 Å². The zero-order valence-corrected chi connectivity index (χ0v) is 96.7. The third kappa shape index (κ3) is 35.6. The molecule has 0 saturated heterocycles. The number of para-hydroxylation sites is 2. The first kappa shape index (κ1) is 119. The Balaban J connectivity index is 0.000000229. The Labute approximate surface area is 857 Å². The SMILES string of the molecule is CCN(CC)Cc1cccc(C)c1Pc1cc(C(C)(C)C)cc(C)c1O.CCN(CC)Cc1cccc(C)c1Pc1cc(C)cc(C(C)(C)C)c1O.CCN(CC)Cc1cccc(C)c1Pc1cc(C)cc(C)c1O.CCN(CC)Cc1cccc(C)c1Pc1cc(C)ccc1O.CCN(CC)Cc1cccc(C)c1Pc1cccc(C)c1O.CCN(CC)Cc1cccc(C)c1Pc1ccccc1O. The van der Waals surface area contributed by atoms with Crippen LogP contribution in [0.4, 0.5) is 0 Å².